The van der Waals surface area contributed by atoms with Crippen LogP contribution in [-0.2, 0) is 17.9 Å². The van der Waals surface area contributed by atoms with Crippen molar-refractivity contribution in [2.75, 3.05) is 6.54 Å². The molecule has 3 rings (SSSR count). The third-order valence-corrected chi connectivity index (χ3v) is 3.90. The summed E-state index contributed by atoms with van der Waals surface area (Å²) in [7, 11) is 0. The Morgan fingerprint density at radius 3 is 2.90 bits per heavy atom. The Balaban J connectivity index is 1.86. The summed E-state index contributed by atoms with van der Waals surface area (Å²) in [5.74, 6) is -0.318. The van der Waals surface area contributed by atoms with Crippen LogP contribution in [-0.4, -0.2) is 22.5 Å². The number of hydrogen-bond acceptors (Lipinski definition) is 3. The van der Waals surface area contributed by atoms with Crippen molar-refractivity contribution in [1.29, 1.82) is 0 Å². The van der Waals surface area contributed by atoms with Crippen LogP contribution >= 0.6 is 0 Å². The molecule has 0 amide bonds. The molecule has 0 bridgehead atoms. The van der Waals surface area contributed by atoms with Crippen molar-refractivity contribution in [3.05, 3.63) is 59.0 Å². The standard InChI is InChI=1S/C16H17NO3/c1-11-6-7-20-15(11)10-17-8-12-4-2-3-5-13(12)14(9-17)16(18)19/h2-7,14H,8-10H2,1H3,(H,18,19). The third kappa shape index (κ3) is 2.34. The smallest absolute Gasteiger partial charge is 0.312 e. The number of rotatable bonds is 3. The lowest BCUT2D eigenvalue weighted by Gasteiger charge is -2.32. The Morgan fingerprint density at radius 1 is 1.40 bits per heavy atom. The van der Waals surface area contributed by atoms with E-state index < -0.39 is 11.9 Å². The Bertz CT molecular complexity index is 632. The number of carbonyl (C=O) groups is 1. The lowest BCUT2D eigenvalue weighted by molar-refractivity contribution is -0.139. The molecular weight excluding hydrogens is 254 g/mol. The van der Waals surface area contributed by atoms with E-state index in [0.717, 1.165) is 29.0 Å². The first-order valence-electron chi connectivity index (χ1n) is 6.71. The molecule has 0 saturated carbocycles. The summed E-state index contributed by atoms with van der Waals surface area (Å²) >= 11 is 0. The van der Waals surface area contributed by atoms with E-state index in [4.69, 9.17) is 4.42 Å². The van der Waals surface area contributed by atoms with Crippen LogP contribution in [0.4, 0.5) is 0 Å². The number of aryl methyl sites for hydroxylation is 1. The molecule has 0 aliphatic carbocycles. The van der Waals surface area contributed by atoms with Gasteiger partial charge in [-0.05, 0) is 29.7 Å². The van der Waals surface area contributed by atoms with Crippen molar-refractivity contribution in [2.24, 2.45) is 0 Å². The van der Waals surface area contributed by atoms with E-state index in [1.807, 2.05) is 37.3 Å². The second kappa shape index (κ2) is 5.13. The van der Waals surface area contributed by atoms with Gasteiger partial charge in [0.25, 0.3) is 0 Å². The highest BCUT2D eigenvalue weighted by atomic mass is 16.4. The van der Waals surface area contributed by atoms with Crippen LogP contribution in [0, 0.1) is 6.92 Å². The number of carboxylic acids is 1. The van der Waals surface area contributed by atoms with Crippen molar-refractivity contribution in [1.82, 2.24) is 4.90 Å². The highest BCUT2D eigenvalue weighted by Crippen LogP contribution is 2.29. The molecular formula is C16H17NO3. The molecule has 0 fully saturated rings. The minimum Gasteiger partial charge on any atom is -0.481 e. The fraction of sp³-hybridized carbons (Fsp3) is 0.312. The zero-order valence-corrected chi connectivity index (χ0v) is 11.4. The highest BCUT2D eigenvalue weighted by Gasteiger charge is 2.30. The van der Waals surface area contributed by atoms with Gasteiger partial charge in [-0.3, -0.25) is 9.69 Å². The maximum atomic E-state index is 11.5. The molecule has 0 spiro atoms. The van der Waals surface area contributed by atoms with E-state index in [1.54, 1.807) is 6.26 Å². The lowest BCUT2D eigenvalue weighted by Crippen LogP contribution is -2.36. The molecule has 20 heavy (non-hydrogen) atoms. The van der Waals surface area contributed by atoms with Crippen LogP contribution in [0.3, 0.4) is 0 Å². The van der Waals surface area contributed by atoms with E-state index in [0.29, 0.717) is 13.1 Å². The van der Waals surface area contributed by atoms with Crippen LogP contribution in [0.1, 0.15) is 28.4 Å². The summed E-state index contributed by atoms with van der Waals surface area (Å²) in [6.07, 6.45) is 1.68. The molecule has 2 heterocycles. The van der Waals surface area contributed by atoms with Crippen LogP contribution in [0.15, 0.2) is 41.0 Å². The number of fused-ring (bicyclic) bond motifs is 1. The van der Waals surface area contributed by atoms with Gasteiger partial charge in [-0.2, -0.15) is 0 Å². The van der Waals surface area contributed by atoms with E-state index in [2.05, 4.69) is 4.90 Å². The fourth-order valence-corrected chi connectivity index (χ4v) is 2.78. The van der Waals surface area contributed by atoms with Crippen LogP contribution in [0.25, 0.3) is 0 Å². The Hall–Kier alpha value is -2.07. The number of furan rings is 1. The number of benzene rings is 1. The minimum absolute atomic E-state index is 0.463. The van der Waals surface area contributed by atoms with Gasteiger partial charge in [0.15, 0.2) is 0 Å². The predicted molar refractivity (Wildman–Crippen MR) is 74.4 cm³/mol. The number of aliphatic carboxylic acids is 1. The minimum atomic E-state index is -0.765. The van der Waals surface area contributed by atoms with Crippen LogP contribution < -0.4 is 0 Å². The monoisotopic (exact) mass is 271 g/mol. The number of hydrogen-bond donors (Lipinski definition) is 1. The molecule has 2 aromatic rings. The molecule has 0 radical (unpaired) electrons. The van der Waals surface area contributed by atoms with Gasteiger partial charge in [0.1, 0.15) is 5.76 Å². The lowest BCUT2D eigenvalue weighted by atomic mass is 9.90. The van der Waals surface area contributed by atoms with Gasteiger partial charge >= 0.3 is 5.97 Å². The zero-order valence-electron chi connectivity index (χ0n) is 11.4. The van der Waals surface area contributed by atoms with E-state index in [9.17, 15) is 9.90 Å². The van der Waals surface area contributed by atoms with Gasteiger partial charge < -0.3 is 9.52 Å². The van der Waals surface area contributed by atoms with Gasteiger partial charge in [-0.15, -0.1) is 0 Å². The molecule has 104 valence electrons. The summed E-state index contributed by atoms with van der Waals surface area (Å²) in [5, 5.41) is 9.43. The van der Waals surface area contributed by atoms with Crippen molar-refractivity contribution < 1.29 is 14.3 Å². The molecule has 1 aliphatic rings. The normalized spacial score (nSPS) is 18.8. The van der Waals surface area contributed by atoms with Crippen LogP contribution in [0.5, 0.6) is 0 Å². The molecule has 1 N–H and O–H groups in total. The van der Waals surface area contributed by atoms with Crippen molar-refractivity contribution in [3.63, 3.8) is 0 Å². The molecule has 0 saturated heterocycles. The van der Waals surface area contributed by atoms with Crippen molar-refractivity contribution in [3.8, 4) is 0 Å². The largest absolute Gasteiger partial charge is 0.481 e. The quantitative estimate of drug-likeness (QED) is 0.932. The first-order chi connectivity index (χ1) is 9.65. The Kier molecular flexibility index (Phi) is 3.32. The van der Waals surface area contributed by atoms with Gasteiger partial charge in [-0.1, -0.05) is 24.3 Å². The van der Waals surface area contributed by atoms with Gasteiger partial charge in [0, 0.05) is 13.1 Å². The molecule has 1 aliphatic heterocycles. The molecule has 4 heteroatoms. The summed E-state index contributed by atoms with van der Waals surface area (Å²) in [5.41, 5.74) is 3.14. The molecule has 1 aromatic heterocycles. The Morgan fingerprint density at radius 2 is 2.20 bits per heavy atom. The highest BCUT2D eigenvalue weighted by molar-refractivity contribution is 5.77. The fourth-order valence-electron chi connectivity index (χ4n) is 2.78. The first-order valence-corrected chi connectivity index (χ1v) is 6.71. The molecule has 1 unspecified atom stereocenters. The SMILES string of the molecule is Cc1ccoc1CN1Cc2ccccc2C(C(=O)O)C1. The summed E-state index contributed by atoms with van der Waals surface area (Å²) in [6, 6.07) is 9.72. The van der Waals surface area contributed by atoms with Gasteiger partial charge in [0.2, 0.25) is 0 Å². The van der Waals surface area contributed by atoms with Gasteiger partial charge in [0.05, 0.1) is 18.7 Å². The number of carboxylic acid groups (broad SMARTS) is 1. The third-order valence-electron chi connectivity index (χ3n) is 3.90. The predicted octanol–water partition coefficient (Wildman–Crippen LogP) is 2.77. The van der Waals surface area contributed by atoms with Crippen molar-refractivity contribution >= 4 is 5.97 Å². The topological polar surface area (TPSA) is 53.7 Å². The summed E-state index contributed by atoms with van der Waals surface area (Å²) in [4.78, 5) is 13.6. The van der Waals surface area contributed by atoms with E-state index in [-0.39, 0.29) is 0 Å². The second-order valence-corrected chi connectivity index (χ2v) is 5.29. The van der Waals surface area contributed by atoms with E-state index >= 15 is 0 Å². The molecule has 4 nitrogen and oxygen atoms in total. The second-order valence-electron chi connectivity index (χ2n) is 5.29. The average molecular weight is 271 g/mol. The van der Waals surface area contributed by atoms with Crippen molar-refractivity contribution in [2.45, 2.75) is 25.9 Å². The summed E-state index contributed by atoms with van der Waals surface area (Å²) < 4.78 is 5.46. The zero-order chi connectivity index (χ0) is 14.1. The number of nitrogens with zero attached hydrogens (tertiary/aromatic N) is 1. The Labute approximate surface area is 117 Å². The maximum absolute atomic E-state index is 11.5. The molecule has 1 aromatic carbocycles. The van der Waals surface area contributed by atoms with E-state index in [1.165, 1.54) is 0 Å². The maximum Gasteiger partial charge on any atom is 0.312 e. The van der Waals surface area contributed by atoms with Crippen LogP contribution in [0.2, 0.25) is 0 Å². The molecule has 1 atom stereocenters. The van der Waals surface area contributed by atoms with Gasteiger partial charge in [-0.25, -0.2) is 0 Å². The summed E-state index contributed by atoms with van der Waals surface area (Å²) in [6.45, 7) is 3.94. The first kappa shape index (κ1) is 12.9. The average Bonchev–Trinajstić information content (AvgIpc) is 2.83.